The maximum Gasteiger partial charge on any atom is 0.255 e. The number of benzene rings is 1. The molecule has 1 aliphatic rings. The van der Waals surface area contributed by atoms with E-state index in [4.69, 9.17) is 4.74 Å². The van der Waals surface area contributed by atoms with E-state index in [-0.39, 0.29) is 11.9 Å². The van der Waals surface area contributed by atoms with Crippen LogP contribution < -0.4 is 10.1 Å². The molecular formula is C19H22N2O2. The molecule has 1 amide bonds. The summed E-state index contributed by atoms with van der Waals surface area (Å²) in [6.45, 7) is 4.02. The van der Waals surface area contributed by atoms with Gasteiger partial charge in [-0.1, -0.05) is 12.1 Å². The Morgan fingerprint density at radius 1 is 1.30 bits per heavy atom. The van der Waals surface area contributed by atoms with Gasteiger partial charge in [-0.15, -0.1) is 0 Å². The topological polar surface area (TPSA) is 51.2 Å². The third-order valence-corrected chi connectivity index (χ3v) is 4.33. The Balaban J connectivity index is 1.87. The van der Waals surface area contributed by atoms with Crippen LogP contribution in [0.2, 0.25) is 0 Å². The molecule has 0 aliphatic heterocycles. The van der Waals surface area contributed by atoms with E-state index in [1.807, 2.05) is 44.2 Å². The fraction of sp³-hybridized carbons (Fsp3) is 0.368. The first kappa shape index (κ1) is 15.5. The molecule has 4 nitrogen and oxygen atoms in total. The van der Waals surface area contributed by atoms with Crippen LogP contribution in [0.25, 0.3) is 0 Å². The Bertz CT molecular complexity index is 723. The smallest absolute Gasteiger partial charge is 0.255 e. The van der Waals surface area contributed by atoms with Crippen LogP contribution in [0.5, 0.6) is 5.75 Å². The lowest BCUT2D eigenvalue weighted by Gasteiger charge is -2.20. The molecule has 2 aromatic rings. The molecule has 1 aromatic carbocycles. The zero-order valence-electron chi connectivity index (χ0n) is 13.8. The SMILES string of the molecule is COc1cc(C)ccc1C(=O)NC(c1ncccc1C)C1CC1. The van der Waals surface area contributed by atoms with E-state index in [0.29, 0.717) is 17.2 Å². The molecule has 120 valence electrons. The van der Waals surface area contributed by atoms with Gasteiger partial charge in [-0.2, -0.15) is 0 Å². The van der Waals surface area contributed by atoms with Crippen molar-refractivity contribution >= 4 is 5.91 Å². The van der Waals surface area contributed by atoms with Crippen LogP contribution in [0.3, 0.4) is 0 Å². The summed E-state index contributed by atoms with van der Waals surface area (Å²) >= 11 is 0. The lowest BCUT2D eigenvalue weighted by Crippen LogP contribution is -2.31. The molecule has 1 saturated carbocycles. The van der Waals surface area contributed by atoms with E-state index in [1.54, 1.807) is 13.3 Å². The molecule has 0 spiro atoms. The number of aryl methyl sites for hydroxylation is 2. The standard InChI is InChI=1S/C19H22N2O2/c1-12-6-9-15(16(11-12)23-3)19(22)21-18(14-7-8-14)17-13(2)5-4-10-20-17/h4-6,9-11,14,18H,7-8H2,1-3H3,(H,21,22). The molecule has 1 fully saturated rings. The Morgan fingerprint density at radius 3 is 2.74 bits per heavy atom. The van der Waals surface area contributed by atoms with Crippen molar-refractivity contribution in [2.75, 3.05) is 7.11 Å². The maximum atomic E-state index is 12.7. The van der Waals surface area contributed by atoms with Gasteiger partial charge in [0.05, 0.1) is 24.4 Å². The van der Waals surface area contributed by atoms with Crippen molar-refractivity contribution in [1.29, 1.82) is 0 Å². The first-order chi connectivity index (χ1) is 11.1. The van der Waals surface area contributed by atoms with E-state index in [9.17, 15) is 4.79 Å². The summed E-state index contributed by atoms with van der Waals surface area (Å²) in [4.78, 5) is 17.2. The zero-order chi connectivity index (χ0) is 16.4. The molecule has 1 N–H and O–H groups in total. The molecule has 1 heterocycles. The van der Waals surface area contributed by atoms with E-state index < -0.39 is 0 Å². The number of hydrogen-bond donors (Lipinski definition) is 1. The van der Waals surface area contributed by atoms with Gasteiger partial charge in [-0.05, 0) is 61.9 Å². The Labute approximate surface area is 136 Å². The van der Waals surface area contributed by atoms with Crippen LogP contribution in [-0.4, -0.2) is 18.0 Å². The normalized spacial score (nSPS) is 15.1. The monoisotopic (exact) mass is 310 g/mol. The molecule has 0 radical (unpaired) electrons. The molecule has 1 aliphatic carbocycles. The average molecular weight is 310 g/mol. The average Bonchev–Trinajstić information content (AvgIpc) is 3.38. The van der Waals surface area contributed by atoms with Crippen molar-refractivity contribution in [2.45, 2.75) is 32.7 Å². The number of ether oxygens (including phenoxy) is 1. The highest BCUT2D eigenvalue weighted by Crippen LogP contribution is 2.41. The van der Waals surface area contributed by atoms with Gasteiger partial charge < -0.3 is 10.1 Å². The fourth-order valence-electron chi connectivity index (χ4n) is 2.87. The number of carbonyl (C=O) groups is 1. The number of pyridine rings is 1. The second-order valence-electron chi connectivity index (χ2n) is 6.20. The van der Waals surface area contributed by atoms with Crippen LogP contribution in [0, 0.1) is 19.8 Å². The van der Waals surface area contributed by atoms with Crippen molar-refractivity contribution in [3.63, 3.8) is 0 Å². The summed E-state index contributed by atoms with van der Waals surface area (Å²) in [6.07, 6.45) is 4.05. The summed E-state index contributed by atoms with van der Waals surface area (Å²) in [5, 5.41) is 3.17. The number of nitrogens with zero attached hydrogens (tertiary/aromatic N) is 1. The molecular weight excluding hydrogens is 288 g/mol. The lowest BCUT2D eigenvalue weighted by molar-refractivity contribution is 0.0927. The predicted octanol–water partition coefficient (Wildman–Crippen LogP) is 3.59. The summed E-state index contributed by atoms with van der Waals surface area (Å²) in [6, 6.07) is 9.56. The van der Waals surface area contributed by atoms with Gasteiger partial charge in [-0.25, -0.2) is 0 Å². The number of methoxy groups -OCH3 is 1. The van der Waals surface area contributed by atoms with Crippen LogP contribution >= 0.6 is 0 Å². The largest absolute Gasteiger partial charge is 0.496 e. The van der Waals surface area contributed by atoms with E-state index in [2.05, 4.69) is 10.3 Å². The van der Waals surface area contributed by atoms with E-state index in [1.165, 1.54) is 0 Å². The summed E-state index contributed by atoms with van der Waals surface area (Å²) in [7, 11) is 1.59. The lowest BCUT2D eigenvalue weighted by atomic mass is 10.0. The number of hydrogen-bond acceptors (Lipinski definition) is 3. The van der Waals surface area contributed by atoms with Gasteiger partial charge in [0.2, 0.25) is 0 Å². The van der Waals surface area contributed by atoms with Gasteiger partial charge in [0, 0.05) is 6.20 Å². The number of rotatable bonds is 5. The minimum absolute atomic E-state index is 0.0327. The molecule has 0 saturated heterocycles. The maximum absolute atomic E-state index is 12.7. The second kappa shape index (κ2) is 6.41. The van der Waals surface area contributed by atoms with Gasteiger partial charge in [0.25, 0.3) is 5.91 Å². The van der Waals surface area contributed by atoms with Crippen molar-refractivity contribution < 1.29 is 9.53 Å². The highest BCUT2D eigenvalue weighted by atomic mass is 16.5. The molecule has 0 bridgehead atoms. The van der Waals surface area contributed by atoms with Crippen molar-refractivity contribution in [2.24, 2.45) is 5.92 Å². The number of aromatic nitrogens is 1. The summed E-state index contributed by atoms with van der Waals surface area (Å²) in [5.74, 6) is 0.975. The van der Waals surface area contributed by atoms with Gasteiger partial charge in [0.1, 0.15) is 5.75 Å². The first-order valence-corrected chi connectivity index (χ1v) is 7.97. The first-order valence-electron chi connectivity index (χ1n) is 7.97. The minimum atomic E-state index is -0.108. The number of amides is 1. The van der Waals surface area contributed by atoms with Crippen molar-refractivity contribution in [3.05, 3.63) is 58.9 Å². The Morgan fingerprint density at radius 2 is 2.09 bits per heavy atom. The number of carbonyl (C=O) groups excluding carboxylic acids is 1. The van der Waals surface area contributed by atoms with E-state index in [0.717, 1.165) is 29.7 Å². The third-order valence-electron chi connectivity index (χ3n) is 4.33. The molecule has 1 atom stereocenters. The third kappa shape index (κ3) is 3.36. The highest BCUT2D eigenvalue weighted by Gasteiger charge is 2.35. The molecule has 4 heteroatoms. The van der Waals surface area contributed by atoms with E-state index >= 15 is 0 Å². The zero-order valence-corrected chi connectivity index (χ0v) is 13.8. The molecule has 1 unspecified atom stereocenters. The fourth-order valence-corrected chi connectivity index (χ4v) is 2.87. The van der Waals surface area contributed by atoms with Gasteiger partial charge in [-0.3, -0.25) is 9.78 Å². The van der Waals surface area contributed by atoms with Crippen molar-refractivity contribution in [3.8, 4) is 5.75 Å². The quantitative estimate of drug-likeness (QED) is 0.918. The molecule has 3 rings (SSSR count). The van der Waals surface area contributed by atoms with Crippen molar-refractivity contribution in [1.82, 2.24) is 10.3 Å². The number of nitrogens with one attached hydrogen (secondary N) is 1. The summed E-state index contributed by atoms with van der Waals surface area (Å²) in [5.41, 5.74) is 3.71. The van der Waals surface area contributed by atoms with Crippen LogP contribution in [-0.2, 0) is 0 Å². The Hall–Kier alpha value is -2.36. The molecule has 1 aromatic heterocycles. The second-order valence-corrected chi connectivity index (χ2v) is 6.20. The molecule has 23 heavy (non-hydrogen) atoms. The van der Waals surface area contributed by atoms with Gasteiger partial charge >= 0.3 is 0 Å². The van der Waals surface area contributed by atoms with Crippen LogP contribution in [0.15, 0.2) is 36.5 Å². The minimum Gasteiger partial charge on any atom is -0.496 e. The van der Waals surface area contributed by atoms with Crippen LogP contribution in [0.1, 0.15) is 46.1 Å². The predicted molar refractivity (Wildman–Crippen MR) is 89.6 cm³/mol. The Kier molecular flexibility index (Phi) is 4.33. The highest BCUT2D eigenvalue weighted by molar-refractivity contribution is 5.97. The summed E-state index contributed by atoms with van der Waals surface area (Å²) < 4.78 is 5.36. The van der Waals surface area contributed by atoms with Crippen LogP contribution in [0.4, 0.5) is 0 Å². The van der Waals surface area contributed by atoms with Gasteiger partial charge in [0.15, 0.2) is 0 Å².